The van der Waals surface area contributed by atoms with Gasteiger partial charge in [-0.2, -0.15) is 15.1 Å². The van der Waals surface area contributed by atoms with Crippen molar-refractivity contribution in [3.05, 3.63) is 11.5 Å². The highest BCUT2D eigenvalue weighted by molar-refractivity contribution is 8.13. The molecule has 5 atom stereocenters. The molecule has 16 heteroatoms. The van der Waals surface area contributed by atoms with Crippen molar-refractivity contribution in [1.82, 2.24) is 19.7 Å². The molecule has 0 radical (unpaired) electrons. The Balaban J connectivity index is 1.49. The van der Waals surface area contributed by atoms with E-state index in [9.17, 15) is 14.2 Å². The molecule has 46 heavy (non-hydrogen) atoms. The number of hydrogen-bond acceptors (Lipinski definition) is 12. The Kier molecular flexibility index (Phi) is 9.96. The molecule has 1 aliphatic carbocycles. The summed E-state index contributed by atoms with van der Waals surface area (Å²) < 4.78 is 46.1. The van der Waals surface area contributed by atoms with Gasteiger partial charge in [-0.25, -0.2) is 9.48 Å². The van der Waals surface area contributed by atoms with Crippen LogP contribution < -0.4 is 4.90 Å². The second kappa shape index (κ2) is 12.9. The molecule has 0 spiro atoms. The maximum absolute atomic E-state index is 13.6. The van der Waals surface area contributed by atoms with E-state index in [0.29, 0.717) is 16.9 Å². The Morgan fingerprint density at radius 1 is 1.15 bits per heavy atom. The van der Waals surface area contributed by atoms with E-state index in [0.717, 1.165) is 37.4 Å². The van der Waals surface area contributed by atoms with Crippen molar-refractivity contribution in [3.63, 3.8) is 0 Å². The van der Waals surface area contributed by atoms with Crippen LogP contribution in [0, 0.1) is 0 Å². The molecule has 0 N–H and O–H groups in total. The number of thioether (sulfide) groups is 1. The number of anilines is 1. The van der Waals surface area contributed by atoms with E-state index < -0.39 is 54.5 Å². The molecule has 1 saturated carbocycles. The molecule has 2 aromatic rings. The second-order valence-corrected chi connectivity index (χ2v) is 19.3. The minimum Gasteiger partial charge on any atom is -0.443 e. The van der Waals surface area contributed by atoms with Gasteiger partial charge in [0.2, 0.25) is 5.28 Å². The number of carbonyl (C=O) groups excluding carboxylic acids is 2. The van der Waals surface area contributed by atoms with E-state index in [-0.39, 0.29) is 28.8 Å². The smallest absolute Gasteiger partial charge is 0.416 e. The van der Waals surface area contributed by atoms with Crippen molar-refractivity contribution in [2.75, 3.05) is 30.6 Å². The molecule has 5 rings (SSSR count). The Labute approximate surface area is 279 Å². The number of hydrogen-bond donors (Lipinski definition) is 0. The first kappa shape index (κ1) is 35.5. The Morgan fingerprint density at radius 2 is 1.80 bits per heavy atom. The molecular weight excluding hydrogens is 657 g/mol. The molecule has 3 aliphatic rings. The van der Waals surface area contributed by atoms with E-state index in [1.165, 1.54) is 6.92 Å². The fourth-order valence-electron chi connectivity index (χ4n) is 5.98. The Morgan fingerprint density at radius 3 is 2.41 bits per heavy atom. The molecule has 2 saturated heterocycles. The number of rotatable bonds is 9. The number of nitrogens with zero attached hydrogens (tertiary/aromatic N) is 5. The van der Waals surface area contributed by atoms with Crippen LogP contribution in [0.25, 0.3) is 11.0 Å². The number of halogens is 1. The summed E-state index contributed by atoms with van der Waals surface area (Å²) in [6.45, 7) is 15.7. The summed E-state index contributed by atoms with van der Waals surface area (Å²) in [5.41, 5.74) is -0.358. The van der Waals surface area contributed by atoms with Gasteiger partial charge in [-0.1, -0.05) is 24.6 Å². The van der Waals surface area contributed by atoms with Gasteiger partial charge in [0.25, 0.3) is 0 Å². The van der Waals surface area contributed by atoms with Crippen molar-refractivity contribution in [1.29, 1.82) is 0 Å². The van der Waals surface area contributed by atoms with Gasteiger partial charge >= 0.3 is 6.09 Å². The van der Waals surface area contributed by atoms with Crippen LogP contribution in [0.3, 0.4) is 0 Å². The fraction of sp³-hybridized carbons (Fsp3) is 0.767. The molecule has 2 aromatic heterocycles. The predicted octanol–water partition coefficient (Wildman–Crippen LogP) is 6.22. The lowest BCUT2D eigenvalue weighted by Gasteiger charge is -2.34. The molecule has 3 fully saturated rings. The third-order valence-corrected chi connectivity index (χ3v) is 12.6. The molecule has 256 valence electrons. The number of fused-ring (bicyclic) bond motifs is 2. The molecule has 13 nitrogen and oxygen atoms in total. The first-order chi connectivity index (χ1) is 21.3. The highest BCUT2D eigenvalue weighted by atomic mass is 35.5. The average Bonchev–Trinajstić information content (AvgIpc) is 3.69. The molecule has 0 bridgehead atoms. The SMILES string of the molecule is CC(=O)SCC(C)(OC[C@H]1O[C@@H](n2ncc3c(N(C(=O)OC(C)(C)C)C4CCCC4)nc(Cl)nc32)[C@@H]2OC(C)(C)O[C@@H]21)P(C)(C)=O. The number of carbonyl (C=O) groups is 2. The number of aromatic nitrogens is 4. The van der Waals surface area contributed by atoms with Crippen LogP contribution in [0.2, 0.25) is 5.28 Å². The lowest BCUT2D eigenvalue weighted by Crippen LogP contribution is -2.43. The predicted molar refractivity (Wildman–Crippen MR) is 176 cm³/mol. The van der Waals surface area contributed by atoms with Crippen molar-refractivity contribution in [3.8, 4) is 0 Å². The van der Waals surface area contributed by atoms with E-state index in [1.807, 2.05) is 34.6 Å². The molecule has 1 unspecified atom stereocenters. The van der Waals surface area contributed by atoms with Crippen LogP contribution in [0.1, 0.15) is 80.4 Å². The van der Waals surface area contributed by atoms with Gasteiger partial charge in [0.15, 0.2) is 28.6 Å². The van der Waals surface area contributed by atoms with Crippen LogP contribution >= 0.6 is 30.5 Å². The summed E-state index contributed by atoms with van der Waals surface area (Å²) in [5, 5.41) is 3.94. The summed E-state index contributed by atoms with van der Waals surface area (Å²) in [6, 6.07) is -0.114. The van der Waals surface area contributed by atoms with Gasteiger partial charge in [0.1, 0.15) is 36.4 Å². The lowest BCUT2D eigenvalue weighted by molar-refractivity contribution is -0.204. The van der Waals surface area contributed by atoms with Crippen molar-refractivity contribution >= 4 is 58.6 Å². The largest absolute Gasteiger partial charge is 0.443 e. The van der Waals surface area contributed by atoms with E-state index in [2.05, 4.69) is 15.1 Å². The summed E-state index contributed by atoms with van der Waals surface area (Å²) in [6.07, 6.45) is 2.08. The Hall–Kier alpha value is -1.80. The van der Waals surface area contributed by atoms with Crippen LogP contribution in [0.15, 0.2) is 6.20 Å². The Bertz CT molecular complexity index is 1520. The summed E-state index contributed by atoms with van der Waals surface area (Å²) in [7, 11) is -2.82. The third-order valence-electron chi connectivity index (χ3n) is 8.52. The van der Waals surface area contributed by atoms with Crippen LogP contribution in [-0.4, -0.2) is 97.7 Å². The van der Waals surface area contributed by atoms with E-state index in [4.69, 9.17) is 35.3 Å². The first-order valence-corrected chi connectivity index (χ1v) is 19.5. The maximum atomic E-state index is 13.6. The van der Waals surface area contributed by atoms with Gasteiger partial charge in [0, 0.05) is 18.7 Å². The summed E-state index contributed by atoms with van der Waals surface area (Å²) in [5.74, 6) is -0.372. The second-order valence-electron chi connectivity index (χ2n) is 14.2. The first-order valence-electron chi connectivity index (χ1n) is 15.5. The maximum Gasteiger partial charge on any atom is 0.416 e. The monoisotopic (exact) mass is 701 g/mol. The fourth-order valence-corrected chi connectivity index (χ4v) is 8.51. The van der Waals surface area contributed by atoms with Crippen molar-refractivity contribution < 1.29 is 37.8 Å². The van der Waals surface area contributed by atoms with Gasteiger partial charge in [-0.15, -0.1) is 0 Å². The molecule has 0 aromatic carbocycles. The standard InChI is InChI=1S/C30H45ClN5O8PS/c1-17(37)46-16-30(7,45(8,9)39)40-15-20-21-22(43-29(5,6)42-21)25(41-20)36-24-19(14-32-36)23(33-26(31)34-24)35(18-12-10-11-13-18)27(38)44-28(2,3)4/h14,18,20-22,25H,10-13,15-16H2,1-9H3/t20-,21-,22-,25-,30?/m1/s1. The van der Waals surface area contributed by atoms with Gasteiger partial charge in [-0.05, 0) is 79.3 Å². The van der Waals surface area contributed by atoms with Gasteiger partial charge < -0.3 is 28.2 Å². The van der Waals surface area contributed by atoms with Crippen LogP contribution in [-0.2, 0) is 33.0 Å². The highest BCUT2D eigenvalue weighted by Crippen LogP contribution is 2.54. The molecular formula is C30H45ClN5O8PS. The number of amides is 1. The summed E-state index contributed by atoms with van der Waals surface area (Å²) in [4.78, 5) is 35.9. The number of ether oxygens (including phenoxy) is 5. The summed E-state index contributed by atoms with van der Waals surface area (Å²) >= 11 is 7.59. The third kappa shape index (κ3) is 7.43. The highest BCUT2D eigenvalue weighted by Gasteiger charge is 2.57. The average molecular weight is 702 g/mol. The minimum absolute atomic E-state index is 0.0338. The normalized spacial score (nSPS) is 26.3. The minimum atomic E-state index is -2.82. The zero-order chi connectivity index (χ0) is 33.8. The van der Waals surface area contributed by atoms with Crippen LogP contribution in [0.5, 0.6) is 0 Å². The van der Waals surface area contributed by atoms with Gasteiger partial charge in [0.05, 0.1) is 18.2 Å². The van der Waals surface area contributed by atoms with Crippen molar-refractivity contribution in [2.45, 2.75) is 121 Å². The zero-order valence-electron chi connectivity index (χ0n) is 27.9. The molecule has 1 amide bonds. The van der Waals surface area contributed by atoms with E-state index >= 15 is 0 Å². The molecule has 4 heterocycles. The lowest BCUT2D eigenvalue weighted by atomic mass is 10.1. The van der Waals surface area contributed by atoms with Crippen molar-refractivity contribution in [2.24, 2.45) is 0 Å². The van der Waals surface area contributed by atoms with E-state index in [1.54, 1.807) is 36.0 Å². The van der Waals surface area contributed by atoms with Crippen LogP contribution in [0.4, 0.5) is 10.6 Å². The molecule has 2 aliphatic heterocycles. The zero-order valence-corrected chi connectivity index (χ0v) is 30.4. The van der Waals surface area contributed by atoms with Gasteiger partial charge in [-0.3, -0.25) is 9.69 Å². The quantitative estimate of drug-likeness (QED) is 0.216. The topological polar surface area (TPSA) is 144 Å².